The van der Waals surface area contributed by atoms with Gasteiger partial charge in [0.15, 0.2) is 5.82 Å². The molecular formula is C14H23ClN4O. The molecule has 0 aromatic carbocycles. The molecule has 5 nitrogen and oxygen atoms in total. The van der Waals surface area contributed by atoms with Gasteiger partial charge in [-0.1, -0.05) is 18.5 Å². The lowest BCUT2D eigenvalue weighted by atomic mass is 10.1. The summed E-state index contributed by atoms with van der Waals surface area (Å²) in [5.74, 6) is 1.56. The van der Waals surface area contributed by atoms with Crippen molar-refractivity contribution in [1.29, 1.82) is 0 Å². The van der Waals surface area contributed by atoms with Crippen molar-refractivity contribution in [1.82, 2.24) is 14.9 Å². The van der Waals surface area contributed by atoms with E-state index in [0.29, 0.717) is 30.2 Å². The number of halogens is 1. The lowest BCUT2D eigenvalue weighted by molar-refractivity contribution is 0.128. The first-order valence-corrected chi connectivity index (χ1v) is 7.58. The van der Waals surface area contributed by atoms with Gasteiger partial charge in [-0.3, -0.25) is 4.90 Å². The van der Waals surface area contributed by atoms with Crippen molar-refractivity contribution in [2.45, 2.75) is 32.9 Å². The standard InChI is InChI=1S/C14H23ClN4O/c1-4-11-9-19(7-6-18(11)3)14-8-12(15)16-13(17-14)10-20-5-2/h8,11H,4-7,9-10H2,1-3H3. The first-order valence-electron chi connectivity index (χ1n) is 7.20. The number of piperazine rings is 1. The lowest BCUT2D eigenvalue weighted by Gasteiger charge is -2.39. The second-order valence-electron chi connectivity index (χ2n) is 5.09. The first-order chi connectivity index (χ1) is 9.63. The van der Waals surface area contributed by atoms with E-state index in [9.17, 15) is 0 Å². The van der Waals surface area contributed by atoms with E-state index in [1.807, 2.05) is 13.0 Å². The number of nitrogens with zero attached hydrogens (tertiary/aromatic N) is 4. The van der Waals surface area contributed by atoms with E-state index in [4.69, 9.17) is 16.3 Å². The Morgan fingerprint density at radius 3 is 2.85 bits per heavy atom. The molecule has 1 saturated heterocycles. The van der Waals surface area contributed by atoms with Crippen molar-refractivity contribution >= 4 is 17.4 Å². The zero-order valence-corrected chi connectivity index (χ0v) is 13.2. The third-order valence-electron chi connectivity index (χ3n) is 3.74. The van der Waals surface area contributed by atoms with Gasteiger partial charge in [0.05, 0.1) is 0 Å². The number of hydrogen-bond donors (Lipinski definition) is 0. The van der Waals surface area contributed by atoms with Gasteiger partial charge in [0, 0.05) is 38.3 Å². The predicted octanol–water partition coefficient (Wildman–Crippen LogP) is 2.20. The van der Waals surface area contributed by atoms with E-state index in [2.05, 4.69) is 33.7 Å². The fourth-order valence-corrected chi connectivity index (χ4v) is 2.66. The maximum Gasteiger partial charge on any atom is 0.158 e. The maximum atomic E-state index is 6.10. The van der Waals surface area contributed by atoms with Crippen LogP contribution in [0.15, 0.2) is 6.07 Å². The number of hydrogen-bond acceptors (Lipinski definition) is 5. The molecule has 0 N–H and O–H groups in total. The van der Waals surface area contributed by atoms with E-state index in [1.54, 1.807) is 0 Å². The maximum absolute atomic E-state index is 6.10. The molecule has 1 fully saturated rings. The van der Waals surface area contributed by atoms with Crippen LogP contribution in [0, 0.1) is 0 Å². The molecule has 0 spiro atoms. The minimum absolute atomic E-state index is 0.412. The lowest BCUT2D eigenvalue weighted by Crippen LogP contribution is -2.51. The monoisotopic (exact) mass is 298 g/mol. The highest BCUT2D eigenvalue weighted by molar-refractivity contribution is 6.29. The normalized spacial score (nSPS) is 20.4. The van der Waals surface area contributed by atoms with Crippen LogP contribution >= 0.6 is 11.6 Å². The van der Waals surface area contributed by atoms with Crippen LogP contribution in [0.1, 0.15) is 26.1 Å². The molecule has 0 radical (unpaired) electrons. The summed E-state index contributed by atoms with van der Waals surface area (Å²) in [4.78, 5) is 13.5. The van der Waals surface area contributed by atoms with Gasteiger partial charge in [0.2, 0.25) is 0 Å². The van der Waals surface area contributed by atoms with Crippen molar-refractivity contribution in [3.05, 3.63) is 17.0 Å². The highest BCUT2D eigenvalue weighted by Gasteiger charge is 2.24. The predicted molar refractivity (Wildman–Crippen MR) is 81.3 cm³/mol. The SMILES string of the molecule is CCOCc1nc(Cl)cc(N2CCN(C)C(CC)C2)n1. The highest BCUT2D eigenvalue weighted by Crippen LogP contribution is 2.20. The Bertz CT molecular complexity index is 443. The molecule has 1 unspecified atom stereocenters. The van der Waals surface area contributed by atoms with Crippen LogP contribution in [0.2, 0.25) is 5.15 Å². The fraction of sp³-hybridized carbons (Fsp3) is 0.714. The van der Waals surface area contributed by atoms with Crippen LogP contribution in [0.25, 0.3) is 0 Å². The molecule has 2 heterocycles. The third-order valence-corrected chi connectivity index (χ3v) is 3.93. The molecule has 0 amide bonds. The molecule has 1 aromatic heterocycles. The van der Waals surface area contributed by atoms with Crippen molar-refractivity contribution in [3.63, 3.8) is 0 Å². The van der Waals surface area contributed by atoms with Crippen LogP contribution in [0.3, 0.4) is 0 Å². The first kappa shape index (κ1) is 15.5. The summed E-state index contributed by atoms with van der Waals surface area (Å²) in [7, 11) is 2.18. The van der Waals surface area contributed by atoms with Crippen LogP contribution < -0.4 is 4.90 Å². The Kier molecular flexibility index (Phi) is 5.57. The Labute approximate surface area is 125 Å². The summed E-state index contributed by atoms with van der Waals surface area (Å²) in [6.45, 7) is 8.23. The number of rotatable bonds is 5. The summed E-state index contributed by atoms with van der Waals surface area (Å²) in [6, 6.07) is 2.41. The summed E-state index contributed by atoms with van der Waals surface area (Å²) < 4.78 is 5.37. The van der Waals surface area contributed by atoms with Gasteiger partial charge in [0.1, 0.15) is 17.6 Å². The van der Waals surface area contributed by atoms with Crippen molar-refractivity contribution < 1.29 is 4.74 Å². The van der Waals surface area contributed by atoms with Gasteiger partial charge < -0.3 is 9.64 Å². The van der Waals surface area contributed by atoms with E-state index in [0.717, 1.165) is 31.9 Å². The minimum Gasteiger partial charge on any atom is -0.374 e. The molecule has 0 aliphatic carbocycles. The number of ether oxygens (including phenoxy) is 1. The molecule has 112 valence electrons. The summed E-state index contributed by atoms with van der Waals surface area (Å²) in [5, 5.41) is 0.483. The van der Waals surface area contributed by atoms with E-state index in [-0.39, 0.29) is 0 Å². The van der Waals surface area contributed by atoms with Gasteiger partial charge in [-0.15, -0.1) is 0 Å². The molecule has 6 heteroatoms. The summed E-state index contributed by atoms with van der Waals surface area (Å²) >= 11 is 6.10. The Hall–Kier alpha value is -0.910. The van der Waals surface area contributed by atoms with Crippen LogP contribution in [-0.4, -0.2) is 54.2 Å². The minimum atomic E-state index is 0.412. The average Bonchev–Trinajstić information content (AvgIpc) is 2.45. The Morgan fingerprint density at radius 1 is 1.35 bits per heavy atom. The molecule has 20 heavy (non-hydrogen) atoms. The second-order valence-corrected chi connectivity index (χ2v) is 5.48. The zero-order chi connectivity index (χ0) is 14.5. The molecule has 1 atom stereocenters. The molecule has 1 aliphatic heterocycles. The van der Waals surface area contributed by atoms with Gasteiger partial charge in [-0.25, -0.2) is 9.97 Å². The Morgan fingerprint density at radius 2 is 2.15 bits per heavy atom. The smallest absolute Gasteiger partial charge is 0.158 e. The van der Waals surface area contributed by atoms with Gasteiger partial charge >= 0.3 is 0 Å². The van der Waals surface area contributed by atoms with Crippen molar-refractivity contribution in [2.75, 3.05) is 38.2 Å². The van der Waals surface area contributed by atoms with Crippen LogP contribution in [-0.2, 0) is 11.3 Å². The van der Waals surface area contributed by atoms with E-state index >= 15 is 0 Å². The molecular weight excluding hydrogens is 276 g/mol. The molecule has 0 saturated carbocycles. The molecule has 0 bridgehead atoms. The zero-order valence-electron chi connectivity index (χ0n) is 12.5. The van der Waals surface area contributed by atoms with Gasteiger partial charge in [-0.2, -0.15) is 0 Å². The largest absolute Gasteiger partial charge is 0.374 e. The highest BCUT2D eigenvalue weighted by atomic mass is 35.5. The van der Waals surface area contributed by atoms with Crippen LogP contribution in [0.4, 0.5) is 5.82 Å². The Balaban J connectivity index is 2.13. The van der Waals surface area contributed by atoms with E-state index < -0.39 is 0 Å². The van der Waals surface area contributed by atoms with Gasteiger partial charge in [0.25, 0.3) is 0 Å². The number of likely N-dealkylation sites (N-methyl/N-ethyl adjacent to an activating group) is 1. The van der Waals surface area contributed by atoms with Crippen molar-refractivity contribution in [3.8, 4) is 0 Å². The second kappa shape index (κ2) is 7.20. The van der Waals surface area contributed by atoms with E-state index in [1.165, 1.54) is 0 Å². The van der Waals surface area contributed by atoms with Crippen molar-refractivity contribution in [2.24, 2.45) is 0 Å². The summed E-state index contributed by atoms with van der Waals surface area (Å²) in [6.07, 6.45) is 1.14. The fourth-order valence-electron chi connectivity index (χ4n) is 2.47. The average molecular weight is 299 g/mol. The molecule has 2 rings (SSSR count). The summed E-state index contributed by atoms with van der Waals surface area (Å²) in [5.41, 5.74) is 0. The van der Waals surface area contributed by atoms with Crippen LogP contribution in [0.5, 0.6) is 0 Å². The third kappa shape index (κ3) is 3.81. The number of aromatic nitrogens is 2. The van der Waals surface area contributed by atoms with Gasteiger partial charge in [-0.05, 0) is 20.4 Å². The number of anilines is 1. The topological polar surface area (TPSA) is 41.5 Å². The molecule has 1 aliphatic rings. The quantitative estimate of drug-likeness (QED) is 0.780. The molecule has 1 aromatic rings.